The Balaban J connectivity index is 2.21. The van der Waals surface area contributed by atoms with Gasteiger partial charge in [-0.2, -0.15) is 0 Å². The molecule has 0 saturated carbocycles. The molecule has 0 bridgehead atoms. The number of nitrogens with zero attached hydrogens (tertiary/aromatic N) is 1. The van der Waals surface area contributed by atoms with Gasteiger partial charge in [0.2, 0.25) is 0 Å². The summed E-state index contributed by atoms with van der Waals surface area (Å²) in [5.74, 6) is 2.30. The highest BCUT2D eigenvalue weighted by atomic mass is 33.1. The molecule has 0 spiro atoms. The van der Waals surface area contributed by atoms with E-state index in [-0.39, 0.29) is 0 Å². The van der Waals surface area contributed by atoms with Crippen LogP contribution < -0.4 is 0 Å². The number of hydrogen-bond donors (Lipinski definition) is 0. The Bertz CT molecular complexity index is 102. The summed E-state index contributed by atoms with van der Waals surface area (Å²) in [5.41, 5.74) is 0. The molecule has 1 fully saturated rings. The van der Waals surface area contributed by atoms with E-state index in [9.17, 15) is 4.79 Å². The lowest BCUT2D eigenvalue weighted by Crippen LogP contribution is -2.28. The standard InChI is InChI=1S/C6H11NOS2/c8-4-1-7-2-5-9-10-6-3-7/h4H,1-3,5-6H2. The summed E-state index contributed by atoms with van der Waals surface area (Å²) in [6, 6.07) is 0. The summed E-state index contributed by atoms with van der Waals surface area (Å²) in [5, 5.41) is 0. The summed E-state index contributed by atoms with van der Waals surface area (Å²) in [4.78, 5) is 12.3. The van der Waals surface area contributed by atoms with Crippen molar-refractivity contribution < 1.29 is 4.79 Å². The first-order valence-electron chi connectivity index (χ1n) is 3.34. The normalized spacial score (nSPS) is 22.0. The summed E-state index contributed by atoms with van der Waals surface area (Å²) >= 11 is 0. The van der Waals surface area contributed by atoms with Gasteiger partial charge in [-0.15, -0.1) is 0 Å². The molecule has 58 valence electrons. The van der Waals surface area contributed by atoms with Gasteiger partial charge in [0.1, 0.15) is 6.29 Å². The fourth-order valence-electron chi connectivity index (χ4n) is 0.850. The Kier molecular flexibility index (Phi) is 4.25. The maximum Gasteiger partial charge on any atom is 0.133 e. The Morgan fingerprint density at radius 2 is 1.90 bits per heavy atom. The minimum Gasteiger partial charge on any atom is -0.302 e. The van der Waals surface area contributed by atoms with E-state index >= 15 is 0 Å². The number of carbonyl (C=O) groups excluding carboxylic acids is 1. The van der Waals surface area contributed by atoms with E-state index in [1.807, 2.05) is 21.6 Å². The van der Waals surface area contributed by atoms with Crippen LogP contribution >= 0.6 is 21.6 Å². The summed E-state index contributed by atoms with van der Waals surface area (Å²) in [7, 11) is 3.81. The quantitative estimate of drug-likeness (QED) is 0.461. The molecule has 0 aliphatic carbocycles. The third-order valence-corrected chi connectivity index (χ3v) is 3.76. The molecule has 1 aliphatic heterocycles. The topological polar surface area (TPSA) is 20.3 Å². The smallest absolute Gasteiger partial charge is 0.133 e. The Morgan fingerprint density at radius 3 is 2.40 bits per heavy atom. The zero-order chi connectivity index (χ0) is 7.23. The maximum absolute atomic E-state index is 10.1. The van der Waals surface area contributed by atoms with Crippen LogP contribution in [-0.4, -0.2) is 42.3 Å². The van der Waals surface area contributed by atoms with E-state index in [2.05, 4.69) is 4.90 Å². The number of aldehydes is 1. The van der Waals surface area contributed by atoms with Crippen LogP contribution in [0.25, 0.3) is 0 Å². The second-order valence-corrected chi connectivity index (χ2v) is 4.81. The van der Waals surface area contributed by atoms with Crippen molar-refractivity contribution in [3.05, 3.63) is 0 Å². The molecule has 4 heteroatoms. The molecule has 1 rings (SSSR count). The van der Waals surface area contributed by atoms with Crippen LogP contribution in [0.5, 0.6) is 0 Å². The Morgan fingerprint density at radius 1 is 1.30 bits per heavy atom. The molecule has 0 aromatic heterocycles. The van der Waals surface area contributed by atoms with E-state index in [0.717, 1.165) is 30.9 Å². The lowest BCUT2D eigenvalue weighted by Gasteiger charge is -2.14. The molecule has 0 unspecified atom stereocenters. The number of hydrogen-bond acceptors (Lipinski definition) is 4. The highest BCUT2D eigenvalue weighted by Gasteiger charge is 2.07. The van der Waals surface area contributed by atoms with Crippen molar-refractivity contribution in [1.82, 2.24) is 4.90 Å². The molecule has 1 saturated heterocycles. The first kappa shape index (κ1) is 8.43. The average molecular weight is 177 g/mol. The van der Waals surface area contributed by atoms with Gasteiger partial charge in [0.15, 0.2) is 0 Å². The van der Waals surface area contributed by atoms with Gasteiger partial charge in [-0.25, -0.2) is 0 Å². The second-order valence-electron chi connectivity index (χ2n) is 2.11. The third-order valence-electron chi connectivity index (χ3n) is 1.40. The van der Waals surface area contributed by atoms with Gasteiger partial charge < -0.3 is 4.79 Å². The van der Waals surface area contributed by atoms with Crippen molar-refractivity contribution in [1.29, 1.82) is 0 Å². The van der Waals surface area contributed by atoms with Gasteiger partial charge in [0, 0.05) is 24.6 Å². The predicted molar refractivity (Wildman–Crippen MR) is 47.4 cm³/mol. The maximum atomic E-state index is 10.1. The fraction of sp³-hybridized carbons (Fsp3) is 0.833. The first-order chi connectivity index (χ1) is 4.93. The molecule has 2 nitrogen and oxygen atoms in total. The summed E-state index contributed by atoms with van der Waals surface area (Å²) in [6.07, 6.45) is 0.987. The zero-order valence-corrected chi connectivity index (χ0v) is 7.42. The molecular weight excluding hydrogens is 166 g/mol. The van der Waals surface area contributed by atoms with Gasteiger partial charge in [-0.3, -0.25) is 4.90 Å². The monoisotopic (exact) mass is 177 g/mol. The summed E-state index contributed by atoms with van der Waals surface area (Å²) in [6.45, 7) is 2.74. The van der Waals surface area contributed by atoms with Crippen LogP contribution in [0.3, 0.4) is 0 Å². The highest BCUT2D eigenvalue weighted by Crippen LogP contribution is 2.23. The lowest BCUT2D eigenvalue weighted by atomic mass is 10.5. The molecular formula is C6H11NOS2. The van der Waals surface area contributed by atoms with Gasteiger partial charge in [0.25, 0.3) is 0 Å². The SMILES string of the molecule is O=CCN1CCSSCC1. The molecule has 1 aliphatic rings. The van der Waals surface area contributed by atoms with Gasteiger partial charge in [0.05, 0.1) is 6.54 Å². The van der Waals surface area contributed by atoms with Crippen LogP contribution in [0.4, 0.5) is 0 Å². The fourth-order valence-corrected chi connectivity index (χ4v) is 2.91. The average Bonchev–Trinajstić information content (AvgIpc) is 2.17. The van der Waals surface area contributed by atoms with Crippen LogP contribution in [-0.2, 0) is 4.79 Å². The number of rotatable bonds is 2. The minimum absolute atomic E-state index is 0.612. The van der Waals surface area contributed by atoms with E-state index in [0.29, 0.717) is 6.54 Å². The minimum atomic E-state index is 0.612. The van der Waals surface area contributed by atoms with Gasteiger partial charge in [-0.1, -0.05) is 21.6 Å². The van der Waals surface area contributed by atoms with Crippen LogP contribution in [0.15, 0.2) is 0 Å². The van der Waals surface area contributed by atoms with E-state index in [1.54, 1.807) is 0 Å². The largest absolute Gasteiger partial charge is 0.302 e. The molecule has 0 radical (unpaired) electrons. The van der Waals surface area contributed by atoms with Crippen molar-refractivity contribution in [3.8, 4) is 0 Å². The number of carbonyl (C=O) groups is 1. The first-order valence-corrected chi connectivity index (χ1v) is 5.82. The lowest BCUT2D eigenvalue weighted by molar-refractivity contribution is -0.108. The van der Waals surface area contributed by atoms with Crippen molar-refractivity contribution in [3.63, 3.8) is 0 Å². The molecule has 0 amide bonds. The van der Waals surface area contributed by atoms with E-state index in [1.165, 1.54) is 0 Å². The molecule has 0 aromatic carbocycles. The molecule has 0 N–H and O–H groups in total. The Labute approximate surface area is 69.1 Å². The van der Waals surface area contributed by atoms with Crippen molar-refractivity contribution >= 4 is 27.9 Å². The third kappa shape index (κ3) is 2.94. The van der Waals surface area contributed by atoms with Crippen molar-refractivity contribution in [2.45, 2.75) is 0 Å². The second kappa shape index (κ2) is 5.04. The summed E-state index contributed by atoms with van der Waals surface area (Å²) < 4.78 is 0. The van der Waals surface area contributed by atoms with Gasteiger partial charge in [-0.05, 0) is 0 Å². The van der Waals surface area contributed by atoms with E-state index in [4.69, 9.17) is 0 Å². The predicted octanol–water partition coefficient (Wildman–Crippen LogP) is 0.882. The van der Waals surface area contributed by atoms with Gasteiger partial charge >= 0.3 is 0 Å². The molecule has 1 heterocycles. The highest BCUT2D eigenvalue weighted by molar-refractivity contribution is 8.76. The van der Waals surface area contributed by atoms with Crippen LogP contribution in [0.2, 0.25) is 0 Å². The molecule has 10 heavy (non-hydrogen) atoms. The Hall–Kier alpha value is 0.330. The van der Waals surface area contributed by atoms with Crippen molar-refractivity contribution in [2.75, 3.05) is 31.1 Å². The van der Waals surface area contributed by atoms with Crippen LogP contribution in [0.1, 0.15) is 0 Å². The van der Waals surface area contributed by atoms with Crippen molar-refractivity contribution in [2.24, 2.45) is 0 Å². The van der Waals surface area contributed by atoms with E-state index < -0.39 is 0 Å². The zero-order valence-electron chi connectivity index (χ0n) is 5.78. The van der Waals surface area contributed by atoms with Crippen LogP contribution in [0, 0.1) is 0 Å². The molecule has 0 aromatic rings. The molecule has 0 atom stereocenters.